The molecule has 0 bridgehead atoms. The third-order valence-corrected chi connectivity index (χ3v) is 10.2. The van der Waals surface area contributed by atoms with E-state index in [1.54, 1.807) is 0 Å². The lowest BCUT2D eigenvalue weighted by Crippen LogP contribution is -2.73. The molecular weight excluding hydrogens is 498 g/mol. The third kappa shape index (κ3) is 5.65. The summed E-state index contributed by atoms with van der Waals surface area (Å²) in [6.45, 7) is 8.85. The quantitative estimate of drug-likeness (QED) is 0.443. The van der Waals surface area contributed by atoms with Gasteiger partial charge in [-0.2, -0.15) is 5.10 Å². The molecule has 4 fully saturated rings. The first-order valence-corrected chi connectivity index (χ1v) is 15.3. The molecule has 1 aromatic rings. The van der Waals surface area contributed by atoms with Crippen LogP contribution >= 0.6 is 12.4 Å². The van der Waals surface area contributed by atoms with E-state index in [9.17, 15) is 9.59 Å². The number of likely N-dealkylation sites (tertiary alicyclic amines) is 1. The van der Waals surface area contributed by atoms with E-state index in [2.05, 4.69) is 41.2 Å². The number of piperazine rings is 1. The molecule has 214 valence electrons. The van der Waals surface area contributed by atoms with E-state index in [0.717, 1.165) is 50.9 Å². The van der Waals surface area contributed by atoms with Gasteiger partial charge in [-0.3, -0.25) is 19.6 Å². The van der Waals surface area contributed by atoms with Gasteiger partial charge in [-0.25, -0.2) is 0 Å². The number of nitrogens with one attached hydrogen (secondary N) is 2. The summed E-state index contributed by atoms with van der Waals surface area (Å²) >= 11 is 0. The van der Waals surface area contributed by atoms with E-state index in [-0.39, 0.29) is 30.3 Å². The van der Waals surface area contributed by atoms with Gasteiger partial charge in [-0.05, 0) is 64.2 Å². The van der Waals surface area contributed by atoms with E-state index >= 15 is 0 Å². The molecule has 7 nitrogen and oxygen atoms in total. The van der Waals surface area contributed by atoms with Crippen LogP contribution < -0.4 is 5.32 Å². The Kier molecular flexibility index (Phi) is 9.83. The third-order valence-electron chi connectivity index (χ3n) is 10.2. The first kappa shape index (κ1) is 29.4. The highest BCUT2D eigenvalue weighted by molar-refractivity contribution is 6.00. The summed E-state index contributed by atoms with van der Waals surface area (Å²) in [4.78, 5) is 32.4. The van der Waals surface area contributed by atoms with E-state index in [0.29, 0.717) is 24.4 Å². The number of piperidine rings is 1. The maximum absolute atomic E-state index is 13.9. The van der Waals surface area contributed by atoms with Crippen molar-refractivity contribution in [3.05, 3.63) is 17.0 Å². The molecule has 2 aliphatic carbocycles. The van der Waals surface area contributed by atoms with Gasteiger partial charge in [0.25, 0.3) is 0 Å². The SMILES string of the molecule is CCCCN1C(=O)[C@H](CC2CCCCC2)NC(=O)C12CCN(C(c1c(C)n[nH]c1C)C1CCCC1)CC2.Cl. The van der Waals surface area contributed by atoms with Gasteiger partial charge >= 0.3 is 0 Å². The average Bonchev–Trinajstić information content (AvgIpc) is 3.55. The average molecular weight is 548 g/mol. The van der Waals surface area contributed by atoms with Crippen molar-refractivity contribution < 1.29 is 9.59 Å². The standard InChI is InChI=1S/C30H49N5O2.ClH/c1-4-5-17-35-28(36)25(20-23-11-7-6-8-12-23)31-29(37)30(35)15-18-34(19-16-30)27(24-13-9-10-14-24)26-21(2)32-33-22(26)3;/h23-25,27H,4-20H2,1-3H3,(H,31,37)(H,32,33);1H/t25-,27?;/m0./s1. The van der Waals surface area contributed by atoms with Crippen LogP contribution in [0.3, 0.4) is 0 Å². The number of aromatic nitrogens is 2. The van der Waals surface area contributed by atoms with Crippen molar-refractivity contribution in [1.82, 2.24) is 25.3 Å². The van der Waals surface area contributed by atoms with Crippen LogP contribution in [0.2, 0.25) is 0 Å². The monoisotopic (exact) mass is 547 g/mol. The van der Waals surface area contributed by atoms with Gasteiger partial charge in [-0.1, -0.05) is 58.3 Å². The topological polar surface area (TPSA) is 81.3 Å². The normalized spacial score (nSPS) is 26.0. The van der Waals surface area contributed by atoms with Gasteiger partial charge in [-0.15, -0.1) is 12.4 Å². The van der Waals surface area contributed by atoms with Gasteiger partial charge in [0.1, 0.15) is 11.6 Å². The Hall–Kier alpha value is -1.60. The molecule has 4 aliphatic rings. The minimum Gasteiger partial charge on any atom is -0.342 e. The molecule has 5 rings (SSSR count). The molecule has 2 amide bonds. The van der Waals surface area contributed by atoms with E-state index in [1.807, 2.05) is 4.90 Å². The van der Waals surface area contributed by atoms with Gasteiger partial charge < -0.3 is 10.2 Å². The number of nitrogens with zero attached hydrogens (tertiary/aromatic N) is 3. The van der Waals surface area contributed by atoms with Gasteiger partial charge in [0.15, 0.2) is 0 Å². The summed E-state index contributed by atoms with van der Waals surface area (Å²) in [7, 11) is 0. The van der Waals surface area contributed by atoms with Crippen LogP contribution in [0.4, 0.5) is 0 Å². The zero-order valence-corrected chi connectivity index (χ0v) is 24.7. The number of amides is 2. The number of halogens is 1. The van der Waals surface area contributed by atoms with Crippen molar-refractivity contribution in [3.63, 3.8) is 0 Å². The minimum atomic E-state index is -0.688. The van der Waals surface area contributed by atoms with Crippen LogP contribution in [0.25, 0.3) is 0 Å². The van der Waals surface area contributed by atoms with E-state index < -0.39 is 5.54 Å². The number of aryl methyl sites for hydroxylation is 2. The molecule has 3 heterocycles. The predicted molar refractivity (Wildman–Crippen MR) is 153 cm³/mol. The number of carbonyl (C=O) groups is 2. The minimum absolute atomic E-state index is 0. The maximum Gasteiger partial charge on any atom is 0.246 e. The molecule has 0 radical (unpaired) electrons. The fraction of sp³-hybridized carbons (Fsp3) is 0.833. The van der Waals surface area contributed by atoms with Crippen molar-refractivity contribution in [3.8, 4) is 0 Å². The van der Waals surface area contributed by atoms with E-state index in [1.165, 1.54) is 69.0 Å². The van der Waals surface area contributed by atoms with Gasteiger partial charge in [0.05, 0.1) is 5.69 Å². The number of H-pyrrole nitrogens is 1. The molecule has 2 aliphatic heterocycles. The van der Waals surface area contributed by atoms with Crippen LogP contribution in [0, 0.1) is 25.7 Å². The highest BCUT2D eigenvalue weighted by atomic mass is 35.5. The fourth-order valence-corrected chi connectivity index (χ4v) is 8.09. The van der Waals surface area contributed by atoms with Crippen LogP contribution in [0.15, 0.2) is 0 Å². The Labute approximate surface area is 235 Å². The predicted octanol–water partition coefficient (Wildman–Crippen LogP) is 5.61. The molecule has 8 heteroatoms. The lowest BCUT2D eigenvalue weighted by Gasteiger charge is -2.53. The molecule has 0 aromatic carbocycles. The number of carbonyl (C=O) groups excluding carboxylic acids is 2. The largest absolute Gasteiger partial charge is 0.342 e. The summed E-state index contributed by atoms with van der Waals surface area (Å²) in [5.74, 6) is 1.50. The summed E-state index contributed by atoms with van der Waals surface area (Å²) in [6.07, 6.45) is 15.6. The summed E-state index contributed by atoms with van der Waals surface area (Å²) < 4.78 is 0. The molecule has 1 unspecified atom stereocenters. The highest BCUT2D eigenvalue weighted by Crippen LogP contribution is 2.44. The van der Waals surface area contributed by atoms with Crippen molar-refractivity contribution in [2.45, 2.75) is 128 Å². The zero-order chi connectivity index (χ0) is 26.0. The van der Waals surface area contributed by atoms with Crippen LogP contribution in [-0.4, -0.2) is 63.0 Å². The Balaban J connectivity index is 0.00000336. The molecule has 2 N–H and O–H groups in total. The number of rotatable bonds is 8. The van der Waals surface area contributed by atoms with Gasteiger partial charge in [0.2, 0.25) is 11.8 Å². The number of hydrogen-bond donors (Lipinski definition) is 2. The Morgan fingerprint density at radius 2 is 1.66 bits per heavy atom. The molecule has 2 atom stereocenters. The lowest BCUT2D eigenvalue weighted by molar-refractivity contribution is -0.162. The molecule has 1 aromatic heterocycles. The molecule has 2 saturated heterocycles. The summed E-state index contributed by atoms with van der Waals surface area (Å²) in [5, 5.41) is 11.0. The fourth-order valence-electron chi connectivity index (χ4n) is 8.09. The second kappa shape index (κ2) is 12.7. The summed E-state index contributed by atoms with van der Waals surface area (Å²) in [6, 6.07) is 0.0164. The number of hydrogen-bond acceptors (Lipinski definition) is 4. The Bertz CT molecular complexity index is 925. The van der Waals surface area contributed by atoms with Gasteiger partial charge in [0, 0.05) is 36.9 Å². The number of unbranched alkanes of at least 4 members (excludes halogenated alkanes) is 1. The maximum atomic E-state index is 13.9. The van der Waals surface area contributed by atoms with E-state index in [4.69, 9.17) is 0 Å². The van der Waals surface area contributed by atoms with Crippen molar-refractivity contribution in [1.29, 1.82) is 0 Å². The van der Waals surface area contributed by atoms with Crippen LogP contribution in [0.5, 0.6) is 0 Å². The number of aromatic amines is 1. The second-order valence-electron chi connectivity index (χ2n) is 12.5. The van der Waals surface area contributed by atoms with Crippen LogP contribution in [-0.2, 0) is 9.59 Å². The molecule has 1 spiro atoms. The molecule has 2 saturated carbocycles. The first-order chi connectivity index (χ1) is 17.9. The highest BCUT2D eigenvalue weighted by Gasteiger charge is 2.54. The zero-order valence-electron chi connectivity index (χ0n) is 23.9. The smallest absolute Gasteiger partial charge is 0.246 e. The van der Waals surface area contributed by atoms with Crippen molar-refractivity contribution in [2.75, 3.05) is 19.6 Å². The lowest BCUT2D eigenvalue weighted by atomic mass is 9.78. The Morgan fingerprint density at radius 3 is 2.26 bits per heavy atom. The van der Waals surface area contributed by atoms with Crippen molar-refractivity contribution >= 4 is 24.2 Å². The summed E-state index contributed by atoms with van der Waals surface area (Å²) in [5.41, 5.74) is 2.96. The van der Waals surface area contributed by atoms with Crippen LogP contribution in [0.1, 0.15) is 120 Å². The van der Waals surface area contributed by atoms with Crippen molar-refractivity contribution in [2.24, 2.45) is 11.8 Å². The molecule has 38 heavy (non-hydrogen) atoms. The second-order valence-corrected chi connectivity index (χ2v) is 12.5. The Morgan fingerprint density at radius 1 is 1.00 bits per heavy atom. The molecular formula is C30H50ClN5O2. The first-order valence-electron chi connectivity index (χ1n) is 15.3.